The summed E-state index contributed by atoms with van der Waals surface area (Å²) in [5.74, 6) is 1.05. The third kappa shape index (κ3) is 6.99. The zero-order valence-electron chi connectivity index (χ0n) is 20.3. The summed E-state index contributed by atoms with van der Waals surface area (Å²) in [6.07, 6.45) is 6.84. The summed E-state index contributed by atoms with van der Waals surface area (Å²) in [6, 6.07) is 11.6. The van der Waals surface area contributed by atoms with Gasteiger partial charge >= 0.3 is 0 Å². The van der Waals surface area contributed by atoms with Crippen molar-refractivity contribution in [3.63, 3.8) is 0 Å². The molecule has 33 heavy (non-hydrogen) atoms. The SMILES string of the molecule is CC/C(C(=O)/C=C/c1ccc(CNC)cc1OC)=C(O)\C=C\c1ccc(N(C)C)cc1OC. The second-order valence-corrected chi connectivity index (χ2v) is 7.68. The third-order valence-corrected chi connectivity index (χ3v) is 5.21. The van der Waals surface area contributed by atoms with E-state index in [0.717, 1.165) is 28.9 Å². The Morgan fingerprint density at radius 3 is 2.18 bits per heavy atom. The predicted molar refractivity (Wildman–Crippen MR) is 136 cm³/mol. The van der Waals surface area contributed by atoms with E-state index in [9.17, 15) is 9.90 Å². The molecule has 0 aromatic heterocycles. The molecule has 176 valence electrons. The van der Waals surface area contributed by atoms with Crippen LogP contribution in [0.25, 0.3) is 12.2 Å². The van der Waals surface area contributed by atoms with Crippen LogP contribution in [0.2, 0.25) is 0 Å². The summed E-state index contributed by atoms with van der Waals surface area (Å²) >= 11 is 0. The fraction of sp³-hybridized carbons (Fsp3) is 0.296. The number of ether oxygens (including phenoxy) is 2. The molecule has 6 heteroatoms. The first kappa shape index (κ1) is 25.7. The Bertz CT molecular complexity index is 1050. The van der Waals surface area contributed by atoms with Gasteiger partial charge < -0.3 is 24.8 Å². The number of carbonyl (C=O) groups is 1. The maximum atomic E-state index is 12.8. The fourth-order valence-electron chi connectivity index (χ4n) is 3.34. The van der Waals surface area contributed by atoms with Gasteiger partial charge in [-0.3, -0.25) is 4.79 Å². The van der Waals surface area contributed by atoms with E-state index in [4.69, 9.17) is 9.47 Å². The molecule has 0 radical (unpaired) electrons. The van der Waals surface area contributed by atoms with E-state index in [1.807, 2.05) is 69.4 Å². The average molecular weight is 451 g/mol. The van der Waals surface area contributed by atoms with E-state index < -0.39 is 0 Å². The van der Waals surface area contributed by atoms with Crippen molar-refractivity contribution in [1.82, 2.24) is 5.32 Å². The van der Waals surface area contributed by atoms with Gasteiger partial charge in [-0.1, -0.05) is 19.1 Å². The Morgan fingerprint density at radius 1 is 1.00 bits per heavy atom. The molecule has 6 nitrogen and oxygen atoms in total. The molecule has 2 N–H and O–H groups in total. The molecular formula is C27H34N2O4. The lowest BCUT2D eigenvalue weighted by Crippen LogP contribution is -2.08. The molecule has 2 rings (SSSR count). The van der Waals surface area contributed by atoms with Gasteiger partial charge in [0.1, 0.15) is 17.3 Å². The zero-order chi connectivity index (χ0) is 24.4. The summed E-state index contributed by atoms with van der Waals surface area (Å²) in [7, 11) is 9.00. The topological polar surface area (TPSA) is 71.0 Å². The lowest BCUT2D eigenvalue weighted by Gasteiger charge is -2.14. The van der Waals surface area contributed by atoms with Gasteiger partial charge in [0.25, 0.3) is 0 Å². The molecular weight excluding hydrogens is 416 g/mol. The number of hydrogen-bond acceptors (Lipinski definition) is 6. The number of ketones is 1. The minimum absolute atomic E-state index is 0.0674. The Morgan fingerprint density at radius 2 is 1.61 bits per heavy atom. The van der Waals surface area contributed by atoms with Crippen LogP contribution in [-0.4, -0.2) is 46.3 Å². The number of benzene rings is 2. The first-order valence-corrected chi connectivity index (χ1v) is 10.8. The van der Waals surface area contributed by atoms with Gasteiger partial charge in [0, 0.05) is 49.1 Å². The largest absolute Gasteiger partial charge is 0.508 e. The number of aliphatic hydroxyl groups excluding tert-OH is 1. The van der Waals surface area contributed by atoms with E-state index >= 15 is 0 Å². The van der Waals surface area contributed by atoms with Gasteiger partial charge in [-0.2, -0.15) is 0 Å². The van der Waals surface area contributed by atoms with Crippen molar-refractivity contribution in [2.45, 2.75) is 19.9 Å². The number of hydrogen-bond donors (Lipinski definition) is 2. The molecule has 2 aromatic carbocycles. The van der Waals surface area contributed by atoms with Crippen LogP contribution in [0, 0.1) is 0 Å². The molecule has 0 aliphatic heterocycles. The van der Waals surface area contributed by atoms with Crippen LogP contribution < -0.4 is 19.7 Å². The standard InChI is InChI=1S/C27H34N2O4/c1-7-23(24(30)14-11-20-9-8-19(18-28-2)16-26(20)32-5)25(31)15-12-21-10-13-22(29(3)4)17-27(21)33-6/h8-17,28,31H,7,18H2,1-6H3/b14-11+,15-12+,25-23-. The predicted octanol–water partition coefficient (Wildman–Crippen LogP) is 5.01. The molecule has 0 spiro atoms. The molecule has 0 saturated carbocycles. The molecule has 2 aromatic rings. The van der Waals surface area contributed by atoms with Crippen LogP contribution in [-0.2, 0) is 11.3 Å². The van der Waals surface area contributed by atoms with Crippen molar-refractivity contribution in [2.75, 3.05) is 40.3 Å². The van der Waals surface area contributed by atoms with Crippen LogP contribution in [0.15, 0.2) is 59.9 Å². The maximum Gasteiger partial charge on any atom is 0.185 e. The van der Waals surface area contributed by atoms with Crippen LogP contribution in [0.1, 0.15) is 30.0 Å². The number of nitrogens with zero attached hydrogens (tertiary/aromatic N) is 1. The van der Waals surface area contributed by atoms with Gasteiger partial charge in [-0.05, 0) is 61.5 Å². The van der Waals surface area contributed by atoms with E-state index in [1.165, 1.54) is 12.2 Å². The zero-order valence-corrected chi connectivity index (χ0v) is 20.3. The van der Waals surface area contributed by atoms with Crippen molar-refractivity contribution in [2.24, 2.45) is 0 Å². The molecule has 0 aliphatic rings. The van der Waals surface area contributed by atoms with E-state index in [-0.39, 0.29) is 11.5 Å². The number of rotatable bonds is 11. The second kappa shape index (κ2) is 12.5. The van der Waals surface area contributed by atoms with Crippen molar-refractivity contribution < 1.29 is 19.4 Å². The summed E-state index contributed by atoms with van der Waals surface area (Å²) in [6.45, 7) is 2.57. The monoisotopic (exact) mass is 450 g/mol. The molecule has 0 heterocycles. The Balaban J connectivity index is 2.26. The molecule has 0 atom stereocenters. The third-order valence-electron chi connectivity index (χ3n) is 5.21. The summed E-state index contributed by atoms with van der Waals surface area (Å²) < 4.78 is 10.9. The lowest BCUT2D eigenvalue weighted by atomic mass is 10.0. The molecule has 0 saturated heterocycles. The quantitative estimate of drug-likeness (QED) is 0.285. The average Bonchev–Trinajstić information content (AvgIpc) is 2.82. The first-order chi connectivity index (χ1) is 15.8. The van der Waals surface area contributed by atoms with Crippen LogP contribution in [0.3, 0.4) is 0 Å². The molecule has 0 fully saturated rings. The molecule has 0 unspecified atom stereocenters. The van der Waals surface area contributed by atoms with Crippen molar-refractivity contribution in [3.8, 4) is 11.5 Å². The number of aliphatic hydroxyl groups is 1. The lowest BCUT2D eigenvalue weighted by molar-refractivity contribution is -0.111. The number of nitrogens with one attached hydrogen (secondary N) is 1. The van der Waals surface area contributed by atoms with E-state index in [0.29, 0.717) is 23.5 Å². The van der Waals surface area contributed by atoms with E-state index in [1.54, 1.807) is 26.4 Å². The Hall–Kier alpha value is -3.51. The molecule has 0 aliphatic carbocycles. The van der Waals surface area contributed by atoms with Crippen molar-refractivity contribution >= 4 is 23.6 Å². The van der Waals surface area contributed by atoms with Gasteiger partial charge in [0.05, 0.1) is 14.2 Å². The number of anilines is 1. The highest BCUT2D eigenvalue weighted by Crippen LogP contribution is 2.26. The number of carbonyl (C=O) groups excluding carboxylic acids is 1. The maximum absolute atomic E-state index is 12.8. The smallest absolute Gasteiger partial charge is 0.185 e. The van der Waals surface area contributed by atoms with Crippen LogP contribution in [0.4, 0.5) is 5.69 Å². The summed E-state index contributed by atoms with van der Waals surface area (Å²) in [4.78, 5) is 14.8. The Kier molecular flexibility index (Phi) is 9.76. The van der Waals surface area contributed by atoms with Gasteiger partial charge in [-0.25, -0.2) is 0 Å². The minimum Gasteiger partial charge on any atom is -0.508 e. The summed E-state index contributed by atoms with van der Waals surface area (Å²) in [5.41, 5.74) is 4.02. The highest BCUT2D eigenvalue weighted by molar-refractivity contribution is 6.07. The van der Waals surface area contributed by atoms with E-state index in [2.05, 4.69) is 5.32 Å². The first-order valence-electron chi connectivity index (χ1n) is 10.8. The highest BCUT2D eigenvalue weighted by atomic mass is 16.5. The summed E-state index contributed by atoms with van der Waals surface area (Å²) in [5, 5.41) is 13.7. The van der Waals surface area contributed by atoms with Crippen LogP contribution in [0.5, 0.6) is 11.5 Å². The molecule has 0 bridgehead atoms. The fourth-order valence-corrected chi connectivity index (χ4v) is 3.34. The van der Waals surface area contributed by atoms with Gasteiger partial charge in [0.2, 0.25) is 0 Å². The van der Waals surface area contributed by atoms with Gasteiger partial charge in [-0.15, -0.1) is 0 Å². The van der Waals surface area contributed by atoms with Crippen molar-refractivity contribution in [1.29, 1.82) is 0 Å². The minimum atomic E-state index is -0.254. The number of methoxy groups -OCH3 is 2. The number of allylic oxidation sites excluding steroid dienone is 3. The van der Waals surface area contributed by atoms with Gasteiger partial charge in [0.15, 0.2) is 5.78 Å². The second-order valence-electron chi connectivity index (χ2n) is 7.68. The highest BCUT2D eigenvalue weighted by Gasteiger charge is 2.11. The van der Waals surface area contributed by atoms with Crippen molar-refractivity contribution in [3.05, 3.63) is 76.6 Å². The Labute approximate surface area is 196 Å². The normalized spacial score (nSPS) is 12.2. The van der Waals surface area contributed by atoms with Crippen LogP contribution >= 0.6 is 0 Å². The molecule has 0 amide bonds.